The SMILES string of the molecule is CCC(C)NC(=O)CNCC(F)F. The maximum absolute atomic E-state index is 11.6. The van der Waals surface area contributed by atoms with Gasteiger partial charge >= 0.3 is 0 Å². The molecule has 0 bridgehead atoms. The summed E-state index contributed by atoms with van der Waals surface area (Å²) in [4.78, 5) is 11.0. The van der Waals surface area contributed by atoms with Crippen LogP contribution in [0.2, 0.25) is 0 Å². The number of hydrogen-bond acceptors (Lipinski definition) is 2. The maximum atomic E-state index is 11.6. The first kappa shape index (κ1) is 12.3. The molecule has 1 atom stereocenters. The summed E-state index contributed by atoms with van der Waals surface area (Å²) in [6, 6.07) is 0.0980. The van der Waals surface area contributed by atoms with Gasteiger partial charge in [-0.2, -0.15) is 0 Å². The molecule has 5 heteroatoms. The fraction of sp³-hybridized carbons (Fsp3) is 0.875. The molecule has 78 valence electrons. The number of halogens is 2. The molecule has 1 amide bonds. The van der Waals surface area contributed by atoms with E-state index < -0.39 is 13.0 Å². The Kier molecular flexibility index (Phi) is 6.40. The van der Waals surface area contributed by atoms with Crippen LogP contribution < -0.4 is 10.6 Å². The van der Waals surface area contributed by atoms with Crippen LogP contribution in [0.1, 0.15) is 20.3 Å². The zero-order valence-electron chi connectivity index (χ0n) is 7.94. The number of nitrogens with one attached hydrogen (secondary N) is 2. The topological polar surface area (TPSA) is 41.1 Å². The first-order valence-corrected chi connectivity index (χ1v) is 4.34. The van der Waals surface area contributed by atoms with Crippen molar-refractivity contribution < 1.29 is 13.6 Å². The molecule has 0 aliphatic carbocycles. The number of hydrogen-bond donors (Lipinski definition) is 2. The molecule has 2 N–H and O–H groups in total. The molecule has 0 rings (SSSR count). The third-order valence-corrected chi connectivity index (χ3v) is 1.60. The molecule has 0 aliphatic heterocycles. The van der Waals surface area contributed by atoms with E-state index in [2.05, 4.69) is 10.6 Å². The number of carbonyl (C=O) groups excluding carboxylic acids is 1. The lowest BCUT2D eigenvalue weighted by Crippen LogP contribution is -2.39. The van der Waals surface area contributed by atoms with Gasteiger partial charge in [-0.3, -0.25) is 4.79 Å². The first-order chi connectivity index (χ1) is 6.06. The van der Waals surface area contributed by atoms with E-state index in [1.165, 1.54) is 0 Å². The third kappa shape index (κ3) is 7.64. The van der Waals surface area contributed by atoms with Gasteiger partial charge in [0.15, 0.2) is 0 Å². The van der Waals surface area contributed by atoms with Crippen LogP contribution in [-0.2, 0) is 4.79 Å². The standard InChI is InChI=1S/C8H16F2N2O/c1-3-6(2)12-8(13)5-11-4-7(9)10/h6-7,11H,3-5H2,1-2H3,(H,12,13). The predicted octanol–water partition coefficient (Wildman–Crippen LogP) is 0.756. The Morgan fingerprint density at radius 1 is 1.46 bits per heavy atom. The van der Waals surface area contributed by atoms with E-state index in [9.17, 15) is 13.6 Å². The van der Waals surface area contributed by atoms with E-state index in [-0.39, 0.29) is 18.5 Å². The van der Waals surface area contributed by atoms with Crippen molar-refractivity contribution in [1.29, 1.82) is 0 Å². The number of carbonyl (C=O) groups is 1. The lowest BCUT2D eigenvalue weighted by molar-refractivity contribution is -0.120. The van der Waals surface area contributed by atoms with E-state index in [0.717, 1.165) is 6.42 Å². The van der Waals surface area contributed by atoms with Gasteiger partial charge in [-0.25, -0.2) is 8.78 Å². The fourth-order valence-electron chi connectivity index (χ4n) is 0.723. The second kappa shape index (κ2) is 6.77. The van der Waals surface area contributed by atoms with Crippen molar-refractivity contribution >= 4 is 5.91 Å². The van der Waals surface area contributed by atoms with Gasteiger partial charge in [0.2, 0.25) is 5.91 Å². The minimum Gasteiger partial charge on any atom is -0.353 e. The molecule has 0 aliphatic rings. The Bertz CT molecular complexity index is 153. The van der Waals surface area contributed by atoms with Gasteiger partial charge < -0.3 is 10.6 Å². The van der Waals surface area contributed by atoms with Crippen molar-refractivity contribution in [2.45, 2.75) is 32.7 Å². The lowest BCUT2D eigenvalue weighted by Gasteiger charge is -2.11. The molecule has 0 fully saturated rings. The summed E-state index contributed by atoms with van der Waals surface area (Å²) in [5.41, 5.74) is 0. The van der Waals surface area contributed by atoms with Gasteiger partial charge in [-0.05, 0) is 13.3 Å². The summed E-state index contributed by atoms with van der Waals surface area (Å²) in [5.74, 6) is -0.241. The van der Waals surface area contributed by atoms with E-state index in [1.54, 1.807) is 0 Å². The van der Waals surface area contributed by atoms with Crippen molar-refractivity contribution in [3.8, 4) is 0 Å². The zero-order chi connectivity index (χ0) is 10.3. The largest absolute Gasteiger partial charge is 0.353 e. The van der Waals surface area contributed by atoms with E-state index in [1.807, 2.05) is 13.8 Å². The second-order valence-electron chi connectivity index (χ2n) is 2.90. The van der Waals surface area contributed by atoms with Crippen LogP contribution in [-0.4, -0.2) is 31.5 Å². The smallest absolute Gasteiger partial charge is 0.250 e. The highest BCUT2D eigenvalue weighted by Gasteiger charge is 2.06. The van der Waals surface area contributed by atoms with Crippen molar-refractivity contribution in [3.05, 3.63) is 0 Å². The molecule has 13 heavy (non-hydrogen) atoms. The van der Waals surface area contributed by atoms with Crippen molar-refractivity contribution in [2.75, 3.05) is 13.1 Å². The van der Waals surface area contributed by atoms with Crippen LogP contribution in [0.3, 0.4) is 0 Å². The minimum atomic E-state index is -2.41. The molecule has 1 unspecified atom stereocenters. The molecule has 0 aromatic carbocycles. The molecular weight excluding hydrogens is 178 g/mol. The van der Waals surface area contributed by atoms with E-state index in [0.29, 0.717) is 0 Å². The number of alkyl halides is 2. The van der Waals surface area contributed by atoms with E-state index in [4.69, 9.17) is 0 Å². The molecule has 3 nitrogen and oxygen atoms in total. The van der Waals surface area contributed by atoms with Crippen molar-refractivity contribution in [1.82, 2.24) is 10.6 Å². The summed E-state index contributed by atoms with van der Waals surface area (Å²) in [5, 5.41) is 5.01. The Morgan fingerprint density at radius 2 is 2.08 bits per heavy atom. The van der Waals surface area contributed by atoms with Gasteiger partial charge in [0.1, 0.15) is 0 Å². The molecule has 0 saturated heterocycles. The monoisotopic (exact) mass is 194 g/mol. The molecule has 0 saturated carbocycles. The Labute approximate surface area is 76.9 Å². The van der Waals surface area contributed by atoms with Gasteiger partial charge in [-0.1, -0.05) is 6.92 Å². The highest BCUT2D eigenvalue weighted by atomic mass is 19.3. The number of amides is 1. The highest BCUT2D eigenvalue weighted by Crippen LogP contribution is 1.88. The Morgan fingerprint density at radius 3 is 2.54 bits per heavy atom. The third-order valence-electron chi connectivity index (χ3n) is 1.60. The van der Waals surface area contributed by atoms with Gasteiger partial charge in [0.05, 0.1) is 13.1 Å². The van der Waals surface area contributed by atoms with Crippen LogP contribution in [0.15, 0.2) is 0 Å². The Balaban J connectivity index is 3.41. The average molecular weight is 194 g/mol. The first-order valence-electron chi connectivity index (χ1n) is 4.34. The molecule has 0 radical (unpaired) electrons. The summed E-state index contributed by atoms with van der Waals surface area (Å²) in [6.45, 7) is 3.32. The van der Waals surface area contributed by atoms with Gasteiger partial charge in [0.25, 0.3) is 6.43 Å². The van der Waals surface area contributed by atoms with Crippen LogP contribution in [0.5, 0.6) is 0 Å². The predicted molar refractivity (Wildman–Crippen MR) is 46.8 cm³/mol. The van der Waals surface area contributed by atoms with Gasteiger partial charge in [-0.15, -0.1) is 0 Å². The second-order valence-corrected chi connectivity index (χ2v) is 2.90. The lowest BCUT2D eigenvalue weighted by atomic mass is 10.2. The maximum Gasteiger partial charge on any atom is 0.250 e. The summed E-state index contributed by atoms with van der Waals surface area (Å²) in [6.07, 6.45) is -1.57. The Hall–Kier alpha value is -0.710. The summed E-state index contributed by atoms with van der Waals surface area (Å²) in [7, 11) is 0. The summed E-state index contributed by atoms with van der Waals surface area (Å²) >= 11 is 0. The molecule has 0 spiro atoms. The molecular formula is C8H16F2N2O. The summed E-state index contributed by atoms with van der Waals surface area (Å²) < 4.78 is 23.2. The van der Waals surface area contributed by atoms with Crippen LogP contribution in [0.25, 0.3) is 0 Å². The highest BCUT2D eigenvalue weighted by molar-refractivity contribution is 5.78. The van der Waals surface area contributed by atoms with Crippen LogP contribution in [0.4, 0.5) is 8.78 Å². The molecule has 0 aromatic rings. The van der Waals surface area contributed by atoms with Crippen LogP contribution in [0, 0.1) is 0 Å². The van der Waals surface area contributed by atoms with Gasteiger partial charge in [0, 0.05) is 6.04 Å². The van der Waals surface area contributed by atoms with Crippen molar-refractivity contribution in [3.63, 3.8) is 0 Å². The average Bonchev–Trinajstić information content (AvgIpc) is 2.03. The molecule has 0 aromatic heterocycles. The zero-order valence-corrected chi connectivity index (χ0v) is 7.94. The normalized spacial score (nSPS) is 13.0. The molecule has 0 heterocycles. The van der Waals surface area contributed by atoms with Crippen molar-refractivity contribution in [2.24, 2.45) is 0 Å². The van der Waals surface area contributed by atoms with E-state index >= 15 is 0 Å². The van der Waals surface area contributed by atoms with Crippen LogP contribution >= 0.6 is 0 Å². The number of rotatable bonds is 6. The quantitative estimate of drug-likeness (QED) is 0.655. The minimum absolute atomic E-state index is 0.0469. The fourth-order valence-corrected chi connectivity index (χ4v) is 0.723.